The van der Waals surface area contributed by atoms with Gasteiger partial charge in [0.1, 0.15) is 11.5 Å². The molecule has 2 aromatic carbocycles. The van der Waals surface area contributed by atoms with Crippen LogP contribution >= 0.6 is 0 Å². The number of fused-ring (bicyclic) bond motifs is 1. The summed E-state index contributed by atoms with van der Waals surface area (Å²) >= 11 is 0. The van der Waals surface area contributed by atoms with Crippen LogP contribution in [0.3, 0.4) is 0 Å². The van der Waals surface area contributed by atoms with Gasteiger partial charge < -0.3 is 19.3 Å². The first-order valence-electron chi connectivity index (χ1n) is 10.2. The fraction of sp³-hybridized carbons (Fsp3) is 0.391. The fourth-order valence-electron chi connectivity index (χ4n) is 4.11. The third kappa shape index (κ3) is 4.06. The number of benzene rings is 2. The van der Waals surface area contributed by atoms with Gasteiger partial charge in [0.2, 0.25) is 5.91 Å². The van der Waals surface area contributed by atoms with Crippen molar-refractivity contribution in [2.24, 2.45) is 0 Å². The molecule has 0 aliphatic carbocycles. The summed E-state index contributed by atoms with van der Waals surface area (Å²) in [5.74, 6) is 1.50. The van der Waals surface area contributed by atoms with Crippen LogP contribution in [0.2, 0.25) is 0 Å². The number of para-hydroxylation sites is 2. The van der Waals surface area contributed by atoms with Gasteiger partial charge in [0.15, 0.2) is 6.61 Å². The molecule has 2 amide bonds. The number of hydrogen-bond acceptors (Lipinski definition) is 4. The molecule has 29 heavy (non-hydrogen) atoms. The Balaban J connectivity index is 1.42. The van der Waals surface area contributed by atoms with E-state index in [0.29, 0.717) is 25.3 Å². The van der Waals surface area contributed by atoms with E-state index in [0.717, 1.165) is 36.4 Å². The van der Waals surface area contributed by atoms with Crippen molar-refractivity contribution in [2.45, 2.75) is 32.2 Å². The third-order valence-electron chi connectivity index (χ3n) is 5.51. The van der Waals surface area contributed by atoms with Crippen LogP contribution in [0.5, 0.6) is 11.5 Å². The summed E-state index contributed by atoms with van der Waals surface area (Å²) in [5.41, 5.74) is 1.87. The van der Waals surface area contributed by atoms with Crippen LogP contribution < -0.4 is 14.4 Å². The summed E-state index contributed by atoms with van der Waals surface area (Å²) in [4.78, 5) is 28.9. The van der Waals surface area contributed by atoms with Crippen LogP contribution in [0.15, 0.2) is 48.5 Å². The van der Waals surface area contributed by atoms with Crippen molar-refractivity contribution < 1.29 is 19.1 Å². The second kappa shape index (κ2) is 8.55. The molecule has 2 aromatic rings. The van der Waals surface area contributed by atoms with E-state index in [1.807, 2.05) is 60.4 Å². The summed E-state index contributed by atoms with van der Waals surface area (Å²) < 4.78 is 11.0. The molecule has 6 nitrogen and oxygen atoms in total. The van der Waals surface area contributed by atoms with Crippen molar-refractivity contribution >= 4 is 17.5 Å². The molecule has 4 rings (SSSR count). The molecule has 2 aliphatic heterocycles. The zero-order chi connectivity index (χ0) is 20.2. The Hall–Kier alpha value is -3.02. The lowest BCUT2D eigenvalue weighted by Crippen LogP contribution is -2.41. The molecule has 0 N–H and O–H groups in total. The normalized spacial score (nSPS) is 18.4. The SMILES string of the molecule is CCOc1ccc(C2CCCN2C(=O)CCN2C(=O)COc3ccccc32)cc1. The molecular weight excluding hydrogens is 368 g/mol. The standard InChI is InChI=1S/C23H26N2O4/c1-2-28-18-11-9-17(10-12-18)19-7-5-14-24(19)22(26)13-15-25-20-6-3-4-8-21(20)29-16-23(25)27/h3-4,6,8-12,19H,2,5,7,13-16H2,1H3. The topological polar surface area (TPSA) is 59.1 Å². The van der Waals surface area contributed by atoms with Crippen LogP contribution in [0.1, 0.15) is 37.8 Å². The summed E-state index contributed by atoms with van der Waals surface area (Å²) in [6.07, 6.45) is 2.25. The first kappa shape index (κ1) is 19.3. The second-order valence-corrected chi connectivity index (χ2v) is 7.30. The van der Waals surface area contributed by atoms with Gasteiger partial charge in [-0.2, -0.15) is 0 Å². The van der Waals surface area contributed by atoms with E-state index >= 15 is 0 Å². The molecule has 0 aromatic heterocycles. The first-order valence-corrected chi connectivity index (χ1v) is 10.2. The smallest absolute Gasteiger partial charge is 0.265 e. The highest BCUT2D eigenvalue weighted by molar-refractivity contribution is 5.98. The van der Waals surface area contributed by atoms with Gasteiger partial charge in [-0.1, -0.05) is 24.3 Å². The van der Waals surface area contributed by atoms with E-state index in [1.165, 1.54) is 0 Å². The molecule has 1 saturated heterocycles. The Kier molecular flexibility index (Phi) is 5.69. The predicted molar refractivity (Wildman–Crippen MR) is 110 cm³/mol. The minimum atomic E-state index is -0.110. The van der Waals surface area contributed by atoms with E-state index in [1.54, 1.807) is 4.90 Å². The van der Waals surface area contributed by atoms with Crippen LogP contribution in [-0.4, -0.2) is 43.0 Å². The van der Waals surface area contributed by atoms with E-state index in [9.17, 15) is 9.59 Å². The van der Waals surface area contributed by atoms with Gasteiger partial charge in [0.05, 0.1) is 18.3 Å². The van der Waals surface area contributed by atoms with Crippen LogP contribution in [0.25, 0.3) is 0 Å². The lowest BCUT2D eigenvalue weighted by Gasteiger charge is -2.30. The minimum Gasteiger partial charge on any atom is -0.494 e. The lowest BCUT2D eigenvalue weighted by atomic mass is 10.0. The number of likely N-dealkylation sites (tertiary alicyclic amines) is 1. The maximum atomic E-state index is 13.0. The summed E-state index contributed by atoms with van der Waals surface area (Å²) in [6.45, 7) is 3.73. The van der Waals surface area contributed by atoms with E-state index in [-0.39, 0.29) is 24.5 Å². The highest BCUT2D eigenvalue weighted by Gasteiger charge is 2.31. The molecule has 1 atom stereocenters. The molecule has 2 heterocycles. The largest absolute Gasteiger partial charge is 0.494 e. The Morgan fingerprint density at radius 3 is 2.76 bits per heavy atom. The highest BCUT2D eigenvalue weighted by Crippen LogP contribution is 2.34. The van der Waals surface area contributed by atoms with Gasteiger partial charge in [-0.05, 0) is 49.6 Å². The maximum absolute atomic E-state index is 13.0. The number of rotatable bonds is 6. The monoisotopic (exact) mass is 394 g/mol. The number of anilines is 1. The zero-order valence-corrected chi connectivity index (χ0v) is 16.7. The Morgan fingerprint density at radius 2 is 1.97 bits per heavy atom. The van der Waals surface area contributed by atoms with Crippen molar-refractivity contribution in [3.63, 3.8) is 0 Å². The van der Waals surface area contributed by atoms with Crippen molar-refractivity contribution in [1.82, 2.24) is 4.90 Å². The van der Waals surface area contributed by atoms with Gasteiger partial charge in [-0.3, -0.25) is 9.59 Å². The van der Waals surface area contributed by atoms with Crippen molar-refractivity contribution in [2.75, 3.05) is 31.2 Å². The number of amides is 2. The molecule has 0 bridgehead atoms. The van der Waals surface area contributed by atoms with Gasteiger partial charge in [-0.25, -0.2) is 0 Å². The molecule has 0 spiro atoms. The number of ether oxygens (including phenoxy) is 2. The van der Waals surface area contributed by atoms with E-state index in [4.69, 9.17) is 9.47 Å². The Bertz CT molecular complexity index is 881. The average Bonchev–Trinajstić information content (AvgIpc) is 3.24. The molecular formula is C23H26N2O4. The van der Waals surface area contributed by atoms with Crippen molar-refractivity contribution in [1.29, 1.82) is 0 Å². The molecule has 6 heteroatoms. The van der Waals surface area contributed by atoms with Crippen LogP contribution in [-0.2, 0) is 9.59 Å². The quantitative estimate of drug-likeness (QED) is 0.752. The maximum Gasteiger partial charge on any atom is 0.265 e. The van der Waals surface area contributed by atoms with Crippen molar-refractivity contribution in [3.05, 3.63) is 54.1 Å². The van der Waals surface area contributed by atoms with Crippen molar-refractivity contribution in [3.8, 4) is 11.5 Å². The first-order chi connectivity index (χ1) is 14.2. The predicted octanol–water partition coefficient (Wildman–Crippen LogP) is 3.56. The van der Waals surface area contributed by atoms with Gasteiger partial charge in [0, 0.05) is 19.5 Å². The molecule has 1 unspecified atom stereocenters. The Labute approximate surface area is 171 Å². The van der Waals surface area contributed by atoms with Crippen LogP contribution in [0, 0.1) is 0 Å². The second-order valence-electron chi connectivity index (χ2n) is 7.30. The third-order valence-corrected chi connectivity index (χ3v) is 5.51. The van der Waals surface area contributed by atoms with E-state index in [2.05, 4.69) is 0 Å². The molecule has 1 fully saturated rings. The number of nitrogens with zero attached hydrogens (tertiary/aromatic N) is 2. The van der Waals surface area contributed by atoms with Gasteiger partial charge in [0.25, 0.3) is 5.91 Å². The summed E-state index contributed by atoms with van der Waals surface area (Å²) in [7, 11) is 0. The number of hydrogen-bond donors (Lipinski definition) is 0. The minimum absolute atomic E-state index is 0.0176. The molecule has 0 radical (unpaired) electrons. The zero-order valence-electron chi connectivity index (χ0n) is 16.7. The lowest BCUT2D eigenvalue weighted by molar-refractivity contribution is -0.132. The molecule has 152 valence electrons. The molecule has 2 aliphatic rings. The van der Waals surface area contributed by atoms with Crippen LogP contribution in [0.4, 0.5) is 5.69 Å². The molecule has 0 saturated carbocycles. The highest BCUT2D eigenvalue weighted by atomic mass is 16.5. The number of carbonyl (C=O) groups is 2. The summed E-state index contributed by atoms with van der Waals surface area (Å²) in [5, 5.41) is 0. The van der Waals surface area contributed by atoms with Gasteiger partial charge in [-0.15, -0.1) is 0 Å². The Morgan fingerprint density at radius 1 is 1.17 bits per heavy atom. The summed E-state index contributed by atoms with van der Waals surface area (Å²) in [6, 6.07) is 15.6. The average molecular weight is 394 g/mol. The number of carbonyl (C=O) groups excluding carboxylic acids is 2. The van der Waals surface area contributed by atoms with Gasteiger partial charge >= 0.3 is 0 Å². The fourth-order valence-corrected chi connectivity index (χ4v) is 4.11. The van der Waals surface area contributed by atoms with E-state index < -0.39 is 0 Å².